The number of amides is 1. The van der Waals surface area contributed by atoms with E-state index < -0.39 is 26.7 Å². The Morgan fingerprint density at radius 2 is 2.08 bits per heavy atom. The Kier molecular flexibility index (Phi) is 1.72. The zero-order valence-electron chi connectivity index (χ0n) is 5.37. The second-order valence-electron chi connectivity index (χ2n) is 1.72. The first-order valence-corrected chi connectivity index (χ1v) is 3.91. The Morgan fingerprint density at radius 1 is 1.50 bits per heavy atom. The Labute approximate surface area is 66.6 Å². The fraction of sp³-hybridized carbons (Fsp3) is 0. The largest absolute Gasteiger partial charge is 0.591 e. The summed E-state index contributed by atoms with van der Waals surface area (Å²) in [4.78, 5) is 19.5. The van der Waals surface area contributed by atoms with E-state index in [-0.39, 0.29) is 0 Å². The quantitative estimate of drug-likeness (QED) is 0.413. The van der Waals surface area contributed by atoms with Gasteiger partial charge in [-0.05, 0) is 0 Å². The fourth-order valence-electron chi connectivity index (χ4n) is 0.472. The third kappa shape index (κ3) is 1.50. The lowest BCUT2D eigenvalue weighted by Crippen LogP contribution is -2.17. The average molecular weight is 191 g/mol. The minimum absolute atomic E-state index is 0.366. The van der Waals surface area contributed by atoms with Crippen LogP contribution < -0.4 is 0 Å². The molecular formula is C3HN3O5S-2. The van der Waals surface area contributed by atoms with E-state index in [1.807, 2.05) is 0 Å². The van der Waals surface area contributed by atoms with Crippen molar-refractivity contribution in [2.24, 2.45) is 0 Å². The topological polar surface area (TPSA) is 123 Å². The normalized spacial score (nSPS) is 20.3. The van der Waals surface area contributed by atoms with Crippen molar-refractivity contribution in [3.05, 3.63) is 31.5 Å². The third-order valence-electron chi connectivity index (χ3n) is 0.922. The van der Waals surface area contributed by atoms with Gasteiger partial charge in [-0.3, -0.25) is 18.5 Å². The van der Waals surface area contributed by atoms with Gasteiger partial charge in [-0.15, -0.1) is 0 Å². The summed E-state index contributed by atoms with van der Waals surface area (Å²) in [6.07, 6.45) is 0.366. The highest BCUT2D eigenvalue weighted by atomic mass is 32.2. The van der Waals surface area contributed by atoms with Gasteiger partial charge in [-0.25, -0.2) is 0 Å². The van der Waals surface area contributed by atoms with Crippen molar-refractivity contribution in [1.82, 2.24) is 0 Å². The van der Waals surface area contributed by atoms with Gasteiger partial charge in [0, 0.05) is 10.2 Å². The van der Waals surface area contributed by atoms with Crippen LogP contribution in [0.15, 0.2) is 11.9 Å². The highest BCUT2D eigenvalue weighted by molar-refractivity contribution is 7.97. The maximum absolute atomic E-state index is 10.5. The van der Waals surface area contributed by atoms with Crippen LogP contribution in [-0.2, 0) is 15.0 Å². The van der Waals surface area contributed by atoms with Crippen molar-refractivity contribution in [2.75, 3.05) is 0 Å². The molecule has 66 valence electrons. The van der Waals surface area contributed by atoms with Crippen molar-refractivity contribution < 1.29 is 18.1 Å². The summed E-state index contributed by atoms with van der Waals surface area (Å²) in [7, 11) is -4.18. The van der Waals surface area contributed by atoms with Gasteiger partial charge < -0.3 is 14.2 Å². The van der Waals surface area contributed by atoms with Gasteiger partial charge in [0.25, 0.3) is 5.70 Å². The average Bonchev–Trinajstić information content (AvgIpc) is 1.83. The summed E-state index contributed by atoms with van der Waals surface area (Å²) in [5, 5.41) is 9.98. The van der Waals surface area contributed by atoms with Gasteiger partial charge in [0.1, 0.15) is 0 Å². The Bertz CT molecular complexity index is 367. The van der Waals surface area contributed by atoms with E-state index in [0.717, 1.165) is 0 Å². The molecule has 1 amide bonds. The Balaban J connectivity index is 3.05. The van der Waals surface area contributed by atoms with Crippen LogP contribution in [0.5, 0.6) is 0 Å². The molecule has 8 nitrogen and oxygen atoms in total. The molecule has 12 heavy (non-hydrogen) atoms. The molecule has 0 spiro atoms. The number of carbonyl (C=O) groups excluding carboxylic acids is 1. The predicted molar refractivity (Wildman–Crippen MR) is 35.7 cm³/mol. The molecule has 0 unspecified atom stereocenters. The maximum Gasteiger partial charge on any atom is 0.273 e. The molecule has 1 aliphatic rings. The molecule has 1 heterocycles. The second kappa shape index (κ2) is 2.44. The monoisotopic (exact) mass is 191 g/mol. The highest BCUT2D eigenvalue weighted by Gasteiger charge is 2.15. The molecule has 0 atom stereocenters. The molecule has 0 aromatic rings. The van der Waals surface area contributed by atoms with E-state index in [1.54, 1.807) is 0 Å². The molecule has 0 aromatic heterocycles. The summed E-state index contributed by atoms with van der Waals surface area (Å²) in [6.45, 7) is 0. The number of rotatable bonds is 1. The second-order valence-corrected chi connectivity index (χ2v) is 3.01. The lowest BCUT2D eigenvalue weighted by Gasteiger charge is -2.31. The van der Waals surface area contributed by atoms with E-state index in [1.165, 1.54) is 0 Å². The zero-order chi connectivity index (χ0) is 9.35. The van der Waals surface area contributed by atoms with Crippen LogP contribution in [-0.4, -0.2) is 19.2 Å². The molecule has 0 saturated carbocycles. The molecular weight excluding hydrogens is 190 g/mol. The highest BCUT2D eigenvalue weighted by Crippen LogP contribution is 2.22. The smallest absolute Gasteiger partial charge is 0.273 e. The van der Waals surface area contributed by atoms with Gasteiger partial charge >= 0.3 is 0 Å². The van der Waals surface area contributed by atoms with Crippen LogP contribution >= 0.6 is 0 Å². The van der Waals surface area contributed by atoms with Crippen LogP contribution in [0.1, 0.15) is 0 Å². The van der Waals surface area contributed by atoms with Gasteiger partial charge in [0.05, 0.1) is 4.92 Å². The summed E-state index contributed by atoms with van der Waals surface area (Å²) in [6, 6.07) is 0. The first-order valence-electron chi connectivity index (χ1n) is 2.51. The van der Waals surface area contributed by atoms with E-state index in [2.05, 4.69) is 9.44 Å². The SMILES string of the molecule is O=C1[N-]S(=O)(=O)[N-]C=C1[N+](=O)[O-]. The molecule has 0 radical (unpaired) electrons. The van der Waals surface area contributed by atoms with Gasteiger partial charge in [-0.2, -0.15) is 0 Å². The molecule has 0 saturated heterocycles. The summed E-state index contributed by atoms with van der Waals surface area (Å²) in [5.74, 6) is -1.41. The number of carbonyl (C=O) groups is 1. The van der Waals surface area contributed by atoms with Gasteiger partial charge in [-0.1, -0.05) is 6.20 Å². The molecule has 1 rings (SSSR count). The molecule has 0 aromatic carbocycles. The minimum Gasteiger partial charge on any atom is -0.591 e. The molecule has 0 bridgehead atoms. The standard InChI is InChI=1S/C3H2N3O5S/c7-3-2(6(8)9)1-4-12(10,11)5-3/h1H,(H-,4,5,7)/q-1/p-1. The van der Waals surface area contributed by atoms with E-state index in [9.17, 15) is 23.3 Å². The van der Waals surface area contributed by atoms with Crippen molar-refractivity contribution in [3.63, 3.8) is 0 Å². The third-order valence-corrected chi connectivity index (χ3v) is 1.69. The summed E-state index contributed by atoms with van der Waals surface area (Å²) >= 11 is 0. The number of hydrogen-bond acceptors (Lipinski definition) is 5. The van der Waals surface area contributed by atoms with Crippen LogP contribution in [0.4, 0.5) is 0 Å². The van der Waals surface area contributed by atoms with Crippen molar-refractivity contribution in [1.29, 1.82) is 0 Å². The molecule has 0 fully saturated rings. The van der Waals surface area contributed by atoms with Gasteiger partial charge in [0.15, 0.2) is 5.91 Å². The molecule has 0 aliphatic carbocycles. The number of nitrogens with zero attached hydrogens (tertiary/aromatic N) is 3. The summed E-state index contributed by atoms with van der Waals surface area (Å²) in [5.41, 5.74) is -0.954. The fourth-order valence-corrected chi connectivity index (χ4v) is 1.06. The van der Waals surface area contributed by atoms with E-state index >= 15 is 0 Å². The Morgan fingerprint density at radius 3 is 2.50 bits per heavy atom. The minimum atomic E-state index is -4.18. The van der Waals surface area contributed by atoms with E-state index in [0.29, 0.717) is 6.20 Å². The van der Waals surface area contributed by atoms with Crippen molar-refractivity contribution in [3.8, 4) is 0 Å². The molecule has 9 heteroatoms. The number of nitro groups is 1. The van der Waals surface area contributed by atoms with Crippen LogP contribution in [0.25, 0.3) is 9.44 Å². The van der Waals surface area contributed by atoms with E-state index in [4.69, 9.17) is 0 Å². The van der Waals surface area contributed by atoms with Crippen LogP contribution in [0.2, 0.25) is 0 Å². The number of hydrogen-bond donors (Lipinski definition) is 0. The predicted octanol–water partition coefficient (Wildman–Crippen LogP) is -0.363. The maximum atomic E-state index is 10.5. The lowest BCUT2D eigenvalue weighted by atomic mass is 10.5. The zero-order valence-corrected chi connectivity index (χ0v) is 6.18. The Hall–Kier alpha value is -1.64. The first kappa shape index (κ1) is 8.46. The molecule has 0 N–H and O–H groups in total. The van der Waals surface area contributed by atoms with Crippen LogP contribution in [0, 0.1) is 10.1 Å². The first-order chi connectivity index (χ1) is 5.42. The summed E-state index contributed by atoms with van der Waals surface area (Å²) < 4.78 is 26.0. The van der Waals surface area contributed by atoms with Crippen LogP contribution in [0.3, 0.4) is 0 Å². The van der Waals surface area contributed by atoms with Gasteiger partial charge in [0.2, 0.25) is 0 Å². The lowest BCUT2D eigenvalue weighted by molar-refractivity contribution is -0.418. The van der Waals surface area contributed by atoms with Crippen molar-refractivity contribution >= 4 is 16.1 Å². The van der Waals surface area contributed by atoms with Crippen molar-refractivity contribution in [2.45, 2.75) is 0 Å². The molecule has 1 aliphatic heterocycles.